The molecule has 0 saturated carbocycles. The number of aromatic nitrogens is 2. The Kier molecular flexibility index (Phi) is 7.03. The minimum atomic E-state index is 0.166. The molecule has 3 N–H and O–H groups in total. The molecule has 114 valence electrons. The molecule has 1 aromatic rings. The van der Waals surface area contributed by atoms with Crippen LogP contribution < -0.4 is 16.0 Å². The van der Waals surface area contributed by atoms with E-state index in [0.29, 0.717) is 19.8 Å². The van der Waals surface area contributed by atoms with Crippen LogP contribution in [0.5, 0.6) is 0 Å². The molecule has 0 saturated heterocycles. The van der Waals surface area contributed by atoms with Crippen LogP contribution in [0.15, 0.2) is 6.07 Å². The average Bonchev–Trinajstić information content (AvgIpc) is 2.39. The van der Waals surface area contributed by atoms with Crippen molar-refractivity contribution >= 4 is 17.6 Å². The second-order valence-electron chi connectivity index (χ2n) is 4.49. The molecule has 0 bridgehead atoms. The second-order valence-corrected chi connectivity index (χ2v) is 4.49. The van der Waals surface area contributed by atoms with Crippen LogP contribution in [0.25, 0.3) is 0 Å². The molecule has 7 nitrogen and oxygen atoms in total. The zero-order valence-corrected chi connectivity index (χ0v) is 12.7. The Morgan fingerprint density at radius 2 is 2.10 bits per heavy atom. The SMILES string of the molecule is CCNc1cc(N(CCOC)C(C)COC)nc(N)n1. The van der Waals surface area contributed by atoms with Crippen molar-refractivity contribution in [2.24, 2.45) is 0 Å². The van der Waals surface area contributed by atoms with Crippen molar-refractivity contribution in [3.05, 3.63) is 6.07 Å². The minimum Gasteiger partial charge on any atom is -0.383 e. The largest absolute Gasteiger partial charge is 0.383 e. The first kappa shape index (κ1) is 16.5. The Labute approximate surface area is 120 Å². The normalized spacial score (nSPS) is 12.2. The van der Waals surface area contributed by atoms with Crippen LogP contribution in [-0.2, 0) is 9.47 Å². The number of nitrogen functional groups attached to an aromatic ring is 1. The van der Waals surface area contributed by atoms with E-state index >= 15 is 0 Å². The van der Waals surface area contributed by atoms with Gasteiger partial charge in [0, 0.05) is 33.4 Å². The van der Waals surface area contributed by atoms with Gasteiger partial charge in [-0.25, -0.2) is 0 Å². The molecule has 0 aliphatic heterocycles. The summed E-state index contributed by atoms with van der Waals surface area (Å²) >= 11 is 0. The van der Waals surface area contributed by atoms with E-state index in [1.54, 1.807) is 14.2 Å². The lowest BCUT2D eigenvalue weighted by Crippen LogP contribution is -2.39. The third kappa shape index (κ3) is 4.82. The van der Waals surface area contributed by atoms with E-state index in [1.165, 1.54) is 0 Å². The predicted molar refractivity (Wildman–Crippen MR) is 81.2 cm³/mol. The first-order chi connectivity index (χ1) is 9.62. The van der Waals surface area contributed by atoms with Gasteiger partial charge in [0.1, 0.15) is 11.6 Å². The summed E-state index contributed by atoms with van der Waals surface area (Å²) in [7, 11) is 3.36. The van der Waals surface area contributed by atoms with Crippen LogP contribution in [0.3, 0.4) is 0 Å². The topological polar surface area (TPSA) is 85.5 Å². The molecule has 0 amide bonds. The summed E-state index contributed by atoms with van der Waals surface area (Å²) in [5.41, 5.74) is 5.78. The zero-order chi connectivity index (χ0) is 15.0. The van der Waals surface area contributed by atoms with Crippen LogP contribution in [0, 0.1) is 0 Å². The summed E-state index contributed by atoms with van der Waals surface area (Å²) in [6.45, 7) is 6.78. The van der Waals surface area contributed by atoms with Crippen molar-refractivity contribution in [3.8, 4) is 0 Å². The molecule has 7 heteroatoms. The Hall–Kier alpha value is -1.60. The van der Waals surface area contributed by atoms with Gasteiger partial charge >= 0.3 is 0 Å². The highest BCUT2D eigenvalue weighted by molar-refractivity contribution is 5.53. The molecule has 0 aromatic carbocycles. The molecule has 1 heterocycles. The predicted octanol–water partition coefficient (Wildman–Crippen LogP) is 0.978. The fraction of sp³-hybridized carbons (Fsp3) is 0.692. The highest BCUT2D eigenvalue weighted by atomic mass is 16.5. The number of nitrogens with zero attached hydrogens (tertiary/aromatic N) is 3. The lowest BCUT2D eigenvalue weighted by Gasteiger charge is -2.30. The monoisotopic (exact) mass is 283 g/mol. The Morgan fingerprint density at radius 1 is 1.35 bits per heavy atom. The van der Waals surface area contributed by atoms with E-state index in [9.17, 15) is 0 Å². The Bertz CT molecular complexity index is 402. The summed E-state index contributed by atoms with van der Waals surface area (Å²) in [6.07, 6.45) is 0. The molecular formula is C13H25N5O2. The quantitative estimate of drug-likeness (QED) is 0.698. The van der Waals surface area contributed by atoms with Gasteiger partial charge < -0.3 is 25.4 Å². The molecule has 0 aliphatic carbocycles. The van der Waals surface area contributed by atoms with Crippen molar-refractivity contribution in [2.45, 2.75) is 19.9 Å². The minimum absolute atomic E-state index is 0.166. The maximum Gasteiger partial charge on any atom is 0.223 e. The summed E-state index contributed by atoms with van der Waals surface area (Å²) in [6, 6.07) is 2.06. The third-order valence-electron chi connectivity index (χ3n) is 2.86. The van der Waals surface area contributed by atoms with Crippen LogP contribution in [0.4, 0.5) is 17.6 Å². The fourth-order valence-electron chi connectivity index (χ4n) is 1.95. The highest BCUT2D eigenvalue weighted by Crippen LogP contribution is 2.19. The van der Waals surface area contributed by atoms with Crippen LogP contribution in [0.2, 0.25) is 0 Å². The van der Waals surface area contributed by atoms with Crippen LogP contribution in [-0.4, -0.2) is 56.5 Å². The number of nitrogens with two attached hydrogens (primary N) is 1. The van der Waals surface area contributed by atoms with Gasteiger partial charge in [-0.2, -0.15) is 9.97 Å². The van der Waals surface area contributed by atoms with E-state index in [-0.39, 0.29) is 12.0 Å². The third-order valence-corrected chi connectivity index (χ3v) is 2.86. The van der Waals surface area contributed by atoms with E-state index in [0.717, 1.165) is 18.2 Å². The standard InChI is InChI=1S/C13H25N5O2/c1-5-15-11-8-12(17-13(14)16-11)18(6-7-19-3)10(2)9-20-4/h8,10H,5-7,9H2,1-4H3,(H3,14,15,16,17). The number of rotatable bonds is 9. The van der Waals surface area contributed by atoms with E-state index in [4.69, 9.17) is 15.2 Å². The van der Waals surface area contributed by atoms with Crippen LogP contribution in [0.1, 0.15) is 13.8 Å². The van der Waals surface area contributed by atoms with Gasteiger partial charge in [0.2, 0.25) is 5.95 Å². The number of ether oxygens (including phenoxy) is 2. The van der Waals surface area contributed by atoms with Gasteiger partial charge in [-0.15, -0.1) is 0 Å². The van der Waals surface area contributed by atoms with Gasteiger partial charge in [0.15, 0.2) is 0 Å². The lowest BCUT2D eigenvalue weighted by atomic mass is 10.3. The van der Waals surface area contributed by atoms with E-state index < -0.39 is 0 Å². The number of hydrogen-bond acceptors (Lipinski definition) is 7. The number of methoxy groups -OCH3 is 2. The molecular weight excluding hydrogens is 258 g/mol. The smallest absolute Gasteiger partial charge is 0.223 e. The first-order valence-electron chi connectivity index (χ1n) is 6.75. The Balaban J connectivity index is 2.98. The van der Waals surface area contributed by atoms with Crippen molar-refractivity contribution < 1.29 is 9.47 Å². The number of hydrogen-bond donors (Lipinski definition) is 2. The van der Waals surface area contributed by atoms with Gasteiger partial charge in [-0.1, -0.05) is 0 Å². The summed E-state index contributed by atoms with van der Waals surface area (Å²) in [4.78, 5) is 10.6. The van der Waals surface area contributed by atoms with Gasteiger partial charge in [-0.05, 0) is 13.8 Å². The molecule has 0 fully saturated rings. The van der Waals surface area contributed by atoms with Crippen molar-refractivity contribution in [1.82, 2.24) is 9.97 Å². The number of nitrogens with one attached hydrogen (secondary N) is 1. The molecule has 1 aromatic heterocycles. The molecule has 1 rings (SSSR count). The van der Waals surface area contributed by atoms with Gasteiger partial charge in [0.25, 0.3) is 0 Å². The average molecular weight is 283 g/mol. The first-order valence-corrected chi connectivity index (χ1v) is 6.75. The van der Waals surface area contributed by atoms with Crippen molar-refractivity contribution in [2.75, 3.05) is 56.5 Å². The maximum absolute atomic E-state index is 5.78. The molecule has 1 atom stereocenters. The second kappa shape index (κ2) is 8.55. The molecule has 0 aliphatic rings. The van der Waals surface area contributed by atoms with Crippen molar-refractivity contribution in [3.63, 3.8) is 0 Å². The van der Waals surface area contributed by atoms with E-state index in [2.05, 4.69) is 27.1 Å². The summed E-state index contributed by atoms with van der Waals surface area (Å²) in [5.74, 6) is 1.75. The van der Waals surface area contributed by atoms with Gasteiger partial charge in [0.05, 0.1) is 19.3 Å². The van der Waals surface area contributed by atoms with Gasteiger partial charge in [-0.3, -0.25) is 0 Å². The summed E-state index contributed by atoms with van der Waals surface area (Å²) in [5, 5.41) is 3.15. The molecule has 0 spiro atoms. The highest BCUT2D eigenvalue weighted by Gasteiger charge is 2.17. The molecule has 0 radical (unpaired) electrons. The zero-order valence-electron chi connectivity index (χ0n) is 12.7. The van der Waals surface area contributed by atoms with Crippen LogP contribution >= 0.6 is 0 Å². The number of anilines is 3. The maximum atomic E-state index is 5.78. The lowest BCUT2D eigenvalue weighted by molar-refractivity contribution is 0.170. The Morgan fingerprint density at radius 3 is 2.70 bits per heavy atom. The van der Waals surface area contributed by atoms with E-state index in [1.807, 2.05) is 13.0 Å². The summed E-state index contributed by atoms with van der Waals surface area (Å²) < 4.78 is 10.4. The molecule has 20 heavy (non-hydrogen) atoms. The fourth-order valence-corrected chi connectivity index (χ4v) is 1.95. The van der Waals surface area contributed by atoms with Crippen molar-refractivity contribution in [1.29, 1.82) is 0 Å². The molecule has 1 unspecified atom stereocenters.